The summed E-state index contributed by atoms with van der Waals surface area (Å²) < 4.78 is 0. The quantitative estimate of drug-likeness (QED) is 0.873. The van der Waals surface area contributed by atoms with E-state index >= 15 is 0 Å². The SMILES string of the molecule is O=C(Cc1ccc2c(c1)CCC2)N1CCC[C@@H](c2ccncn2)C1. The van der Waals surface area contributed by atoms with Crippen LogP contribution in [-0.4, -0.2) is 33.9 Å². The first kappa shape index (κ1) is 15.3. The lowest BCUT2D eigenvalue weighted by molar-refractivity contribution is -0.131. The highest BCUT2D eigenvalue weighted by molar-refractivity contribution is 5.79. The summed E-state index contributed by atoms with van der Waals surface area (Å²) in [4.78, 5) is 23.1. The van der Waals surface area contributed by atoms with Gasteiger partial charge in [-0.3, -0.25) is 4.79 Å². The van der Waals surface area contributed by atoms with Gasteiger partial charge in [-0.1, -0.05) is 18.2 Å². The number of aromatic nitrogens is 2. The normalized spacial score (nSPS) is 20.0. The number of carbonyl (C=O) groups excluding carboxylic acids is 1. The van der Waals surface area contributed by atoms with Gasteiger partial charge < -0.3 is 4.90 Å². The predicted octanol–water partition coefficient (Wildman–Crippen LogP) is 2.91. The summed E-state index contributed by atoms with van der Waals surface area (Å²) in [5.41, 5.74) is 5.12. The Morgan fingerprint density at radius 3 is 2.96 bits per heavy atom. The fraction of sp³-hybridized carbons (Fsp3) is 0.450. The Morgan fingerprint density at radius 1 is 1.17 bits per heavy atom. The van der Waals surface area contributed by atoms with Gasteiger partial charge in [0, 0.05) is 30.9 Å². The number of nitrogens with zero attached hydrogens (tertiary/aromatic N) is 3. The Kier molecular flexibility index (Phi) is 4.28. The van der Waals surface area contributed by atoms with Gasteiger partial charge in [0.2, 0.25) is 5.91 Å². The highest BCUT2D eigenvalue weighted by Gasteiger charge is 2.25. The van der Waals surface area contributed by atoms with Crippen molar-refractivity contribution in [3.05, 3.63) is 59.2 Å². The molecule has 4 heteroatoms. The number of hydrogen-bond acceptors (Lipinski definition) is 3. The fourth-order valence-electron chi connectivity index (χ4n) is 4.01. The molecular formula is C20H23N3O. The first-order valence-corrected chi connectivity index (χ1v) is 8.94. The highest BCUT2D eigenvalue weighted by atomic mass is 16.2. The average Bonchev–Trinajstić information content (AvgIpc) is 3.10. The average molecular weight is 321 g/mol. The van der Waals surface area contributed by atoms with E-state index in [1.165, 1.54) is 24.0 Å². The van der Waals surface area contributed by atoms with Crippen molar-refractivity contribution in [1.82, 2.24) is 14.9 Å². The lowest BCUT2D eigenvalue weighted by Crippen LogP contribution is -2.40. The maximum atomic E-state index is 12.7. The van der Waals surface area contributed by atoms with Crippen LogP contribution < -0.4 is 0 Å². The Bertz CT molecular complexity index is 729. The standard InChI is InChI=1S/C20H23N3O/c24-20(12-15-6-7-16-3-1-4-17(16)11-15)23-10-2-5-18(13-23)19-8-9-21-14-22-19/h6-9,11,14,18H,1-5,10,12-13H2/t18-/m1/s1. The van der Waals surface area contributed by atoms with Gasteiger partial charge in [-0.2, -0.15) is 0 Å². The molecule has 1 fully saturated rings. The summed E-state index contributed by atoms with van der Waals surface area (Å²) in [6.45, 7) is 1.64. The van der Waals surface area contributed by atoms with Crippen molar-refractivity contribution in [3.8, 4) is 0 Å². The number of fused-ring (bicyclic) bond motifs is 1. The molecule has 1 aliphatic carbocycles. The molecule has 1 saturated heterocycles. The van der Waals surface area contributed by atoms with Crippen molar-refractivity contribution in [2.24, 2.45) is 0 Å². The molecule has 1 aliphatic heterocycles. The zero-order chi connectivity index (χ0) is 16.4. The third-order valence-electron chi connectivity index (χ3n) is 5.32. The number of carbonyl (C=O) groups is 1. The van der Waals surface area contributed by atoms with Crippen LogP contribution in [0.15, 0.2) is 36.8 Å². The van der Waals surface area contributed by atoms with Crippen molar-refractivity contribution >= 4 is 5.91 Å². The first-order valence-electron chi connectivity index (χ1n) is 8.94. The minimum Gasteiger partial charge on any atom is -0.342 e. The largest absolute Gasteiger partial charge is 0.342 e. The molecule has 2 aromatic rings. The number of aryl methyl sites for hydroxylation is 2. The second-order valence-corrected chi connectivity index (χ2v) is 6.95. The van der Waals surface area contributed by atoms with Crippen molar-refractivity contribution < 1.29 is 4.79 Å². The summed E-state index contributed by atoms with van der Waals surface area (Å²) in [6, 6.07) is 8.56. The Morgan fingerprint density at radius 2 is 2.08 bits per heavy atom. The van der Waals surface area contributed by atoms with E-state index in [2.05, 4.69) is 28.2 Å². The maximum Gasteiger partial charge on any atom is 0.227 e. The van der Waals surface area contributed by atoms with Crippen LogP contribution in [0.25, 0.3) is 0 Å². The van der Waals surface area contributed by atoms with Gasteiger partial charge in [-0.15, -0.1) is 0 Å². The molecule has 0 N–H and O–H groups in total. The number of likely N-dealkylation sites (tertiary alicyclic amines) is 1. The maximum absolute atomic E-state index is 12.7. The molecular weight excluding hydrogens is 298 g/mol. The van der Waals surface area contributed by atoms with Crippen LogP contribution in [0.3, 0.4) is 0 Å². The molecule has 1 aromatic carbocycles. The van der Waals surface area contributed by atoms with Crippen molar-refractivity contribution in [1.29, 1.82) is 0 Å². The minimum absolute atomic E-state index is 0.242. The minimum atomic E-state index is 0.242. The van der Waals surface area contributed by atoms with Crippen LogP contribution in [0.1, 0.15) is 47.6 Å². The highest BCUT2D eigenvalue weighted by Crippen LogP contribution is 2.26. The second-order valence-electron chi connectivity index (χ2n) is 6.95. The van der Waals surface area contributed by atoms with E-state index < -0.39 is 0 Å². The molecule has 124 valence electrons. The summed E-state index contributed by atoms with van der Waals surface area (Å²) in [6.07, 6.45) is 9.65. The summed E-state index contributed by atoms with van der Waals surface area (Å²) in [5.74, 6) is 0.581. The molecule has 24 heavy (non-hydrogen) atoms. The van der Waals surface area contributed by atoms with Gasteiger partial charge in [0.25, 0.3) is 0 Å². The van der Waals surface area contributed by atoms with Crippen LogP contribution in [0, 0.1) is 0 Å². The molecule has 0 unspecified atom stereocenters. The van der Waals surface area contributed by atoms with Crippen molar-refractivity contribution in [2.75, 3.05) is 13.1 Å². The number of rotatable bonds is 3. The van der Waals surface area contributed by atoms with Crippen LogP contribution >= 0.6 is 0 Å². The molecule has 0 radical (unpaired) electrons. The van der Waals surface area contributed by atoms with Gasteiger partial charge in [0.15, 0.2) is 0 Å². The van der Waals surface area contributed by atoms with E-state index in [0.717, 1.165) is 43.6 Å². The third-order valence-corrected chi connectivity index (χ3v) is 5.32. The topological polar surface area (TPSA) is 46.1 Å². The van der Waals surface area contributed by atoms with Gasteiger partial charge in [0.05, 0.1) is 6.42 Å². The molecule has 4 rings (SSSR count). The zero-order valence-electron chi connectivity index (χ0n) is 13.9. The number of benzene rings is 1. The van der Waals surface area contributed by atoms with Crippen LogP contribution in [0.2, 0.25) is 0 Å². The Labute approximate surface area is 142 Å². The van der Waals surface area contributed by atoms with Crippen LogP contribution in [0.5, 0.6) is 0 Å². The third kappa shape index (κ3) is 3.18. The molecule has 1 aromatic heterocycles. The van der Waals surface area contributed by atoms with E-state index in [9.17, 15) is 4.79 Å². The number of piperidine rings is 1. The van der Waals surface area contributed by atoms with Gasteiger partial charge in [-0.25, -0.2) is 9.97 Å². The van der Waals surface area contributed by atoms with Crippen molar-refractivity contribution in [2.45, 2.75) is 44.4 Å². The summed E-state index contributed by atoms with van der Waals surface area (Å²) in [7, 11) is 0. The smallest absolute Gasteiger partial charge is 0.227 e. The summed E-state index contributed by atoms with van der Waals surface area (Å²) in [5, 5.41) is 0. The van der Waals surface area contributed by atoms with Gasteiger partial charge >= 0.3 is 0 Å². The lowest BCUT2D eigenvalue weighted by atomic mass is 9.94. The molecule has 1 atom stereocenters. The molecule has 4 nitrogen and oxygen atoms in total. The van der Waals surface area contributed by atoms with E-state index in [0.29, 0.717) is 12.3 Å². The second kappa shape index (κ2) is 6.71. The molecule has 2 heterocycles. The Balaban J connectivity index is 1.42. The van der Waals surface area contributed by atoms with E-state index in [1.807, 2.05) is 11.0 Å². The molecule has 0 saturated carbocycles. The van der Waals surface area contributed by atoms with Crippen LogP contribution in [0.4, 0.5) is 0 Å². The lowest BCUT2D eigenvalue weighted by Gasteiger charge is -2.32. The molecule has 0 bridgehead atoms. The predicted molar refractivity (Wildman–Crippen MR) is 92.8 cm³/mol. The summed E-state index contributed by atoms with van der Waals surface area (Å²) >= 11 is 0. The van der Waals surface area contributed by atoms with E-state index in [1.54, 1.807) is 12.5 Å². The van der Waals surface area contributed by atoms with E-state index in [-0.39, 0.29) is 5.91 Å². The van der Waals surface area contributed by atoms with E-state index in [4.69, 9.17) is 0 Å². The number of hydrogen-bond donors (Lipinski definition) is 0. The molecule has 2 aliphatic rings. The monoisotopic (exact) mass is 321 g/mol. The Hall–Kier alpha value is -2.23. The van der Waals surface area contributed by atoms with Crippen molar-refractivity contribution in [3.63, 3.8) is 0 Å². The van der Waals surface area contributed by atoms with Gasteiger partial charge in [0.1, 0.15) is 6.33 Å². The fourth-order valence-corrected chi connectivity index (χ4v) is 4.01. The number of amides is 1. The first-order chi connectivity index (χ1) is 11.8. The van der Waals surface area contributed by atoms with Gasteiger partial charge in [-0.05, 0) is 54.9 Å². The molecule has 1 amide bonds. The zero-order valence-corrected chi connectivity index (χ0v) is 13.9. The molecule has 0 spiro atoms. The van der Waals surface area contributed by atoms with Crippen LogP contribution in [-0.2, 0) is 24.1 Å².